The molecule has 0 atom stereocenters. The van der Waals surface area contributed by atoms with Crippen molar-refractivity contribution in [3.8, 4) is 6.07 Å². The summed E-state index contributed by atoms with van der Waals surface area (Å²) in [6, 6.07) is 12.2. The molecule has 1 aromatic carbocycles. The highest BCUT2D eigenvalue weighted by Gasteiger charge is 2.07. The predicted octanol–water partition coefficient (Wildman–Crippen LogP) is 2.18. The molecule has 0 radical (unpaired) electrons. The SMILES string of the molecule is CN(C)CCNc1ccc(C(=O)Nc2ccc(C#N)cc2)nc1. The van der Waals surface area contributed by atoms with Gasteiger partial charge in [-0.1, -0.05) is 0 Å². The van der Waals surface area contributed by atoms with E-state index in [0.717, 1.165) is 18.8 Å². The van der Waals surface area contributed by atoms with Gasteiger partial charge in [-0.25, -0.2) is 4.98 Å². The van der Waals surface area contributed by atoms with Crippen LogP contribution in [0.2, 0.25) is 0 Å². The summed E-state index contributed by atoms with van der Waals surface area (Å²) >= 11 is 0. The number of nitrogens with zero attached hydrogens (tertiary/aromatic N) is 3. The number of carbonyl (C=O) groups excluding carboxylic acids is 1. The van der Waals surface area contributed by atoms with Crippen molar-refractivity contribution in [2.45, 2.75) is 0 Å². The zero-order chi connectivity index (χ0) is 16.7. The molecule has 2 aromatic rings. The molecule has 0 saturated carbocycles. The van der Waals surface area contributed by atoms with Crippen LogP contribution in [0.5, 0.6) is 0 Å². The summed E-state index contributed by atoms with van der Waals surface area (Å²) in [5, 5.41) is 14.7. The topological polar surface area (TPSA) is 81.0 Å². The third-order valence-corrected chi connectivity index (χ3v) is 3.16. The van der Waals surface area contributed by atoms with E-state index < -0.39 is 0 Å². The van der Waals surface area contributed by atoms with E-state index in [0.29, 0.717) is 16.9 Å². The molecule has 118 valence electrons. The molecule has 6 heteroatoms. The smallest absolute Gasteiger partial charge is 0.274 e. The summed E-state index contributed by atoms with van der Waals surface area (Å²) in [4.78, 5) is 18.4. The monoisotopic (exact) mass is 309 g/mol. The lowest BCUT2D eigenvalue weighted by molar-refractivity contribution is 0.102. The van der Waals surface area contributed by atoms with Crippen LogP contribution in [0, 0.1) is 11.3 Å². The van der Waals surface area contributed by atoms with Gasteiger partial charge in [0.25, 0.3) is 5.91 Å². The van der Waals surface area contributed by atoms with Crippen molar-refractivity contribution < 1.29 is 4.79 Å². The number of nitrogens with one attached hydrogen (secondary N) is 2. The van der Waals surface area contributed by atoms with Crippen LogP contribution in [-0.2, 0) is 0 Å². The van der Waals surface area contributed by atoms with Gasteiger partial charge in [0.15, 0.2) is 0 Å². The van der Waals surface area contributed by atoms with Crippen LogP contribution in [0.25, 0.3) is 0 Å². The van der Waals surface area contributed by atoms with Gasteiger partial charge in [-0.2, -0.15) is 5.26 Å². The summed E-state index contributed by atoms with van der Waals surface area (Å²) in [7, 11) is 4.02. The first-order chi connectivity index (χ1) is 11.1. The number of amides is 1. The van der Waals surface area contributed by atoms with Crippen LogP contribution in [0.1, 0.15) is 16.1 Å². The third kappa shape index (κ3) is 5.09. The molecule has 1 heterocycles. The Morgan fingerprint density at radius 3 is 2.43 bits per heavy atom. The predicted molar refractivity (Wildman–Crippen MR) is 90.4 cm³/mol. The zero-order valence-electron chi connectivity index (χ0n) is 13.2. The minimum Gasteiger partial charge on any atom is -0.383 e. The number of hydrogen-bond acceptors (Lipinski definition) is 5. The molecule has 0 aliphatic carbocycles. The maximum atomic E-state index is 12.1. The molecule has 0 bridgehead atoms. The minimum atomic E-state index is -0.283. The fourth-order valence-electron chi connectivity index (χ4n) is 1.88. The maximum Gasteiger partial charge on any atom is 0.274 e. The van der Waals surface area contributed by atoms with Gasteiger partial charge < -0.3 is 15.5 Å². The van der Waals surface area contributed by atoms with Gasteiger partial charge in [0.2, 0.25) is 0 Å². The van der Waals surface area contributed by atoms with E-state index in [1.54, 1.807) is 36.5 Å². The first-order valence-electron chi connectivity index (χ1n) is 7.24. The lowest BCUT2D eigenvalue weighted by Gasteiger charge is -2.11. The fraction of sp³-hybridized carbons (Fsp3) is 0.235. The van der Waals surface area contributed by atoms with Crippen LogP contribution in [0.3, 0.4) is 0 Å². The van der Waals surface area contributed by atoms with Gasteiger partial charge in [-0.3, -0.25) is 4.79 Å². The van der Waals surface area contributed by atoms with E-state index in [4.69, 9.17) is 5.26 Å². The van der Waals surface area contributed by atoms with Crippen molar-refractivity contribution in [3.05, 3.63) is 53.9 Å². The second-order valence-electron chi connectivity index (χ2n) is 5.31. The van der Waals surface area contributed by atoms with Crippen molar-refractivity contribution in [1.82, 2.24) is 9.88 Å². The Bertz CT molecular complexity index is 686. The van der Waals surface area contributed by atoms with Crippen molar-refractivity contribution in [2.24, 2.45) is 0 Å². The molecule has 1 amide bonds. The Morgan fingerprint density at radius 2 is 1.87 bits per heavy atom. The van der Waals surface area contributed by atoms with Gasteiger partial charge in [0.05, 0.1) is 23.5 Å². The van der Waals surface area contributed by atoms with Crippen molar-refractivity contribution in [3.63, 3.8) is 0 Å². The molecule has 23 heavy (non-hydrogen) atoms. The molecule has 1 aromatic heterocycles. The van der Waals surface area contributed by atoms with Crippen LogP contribution < -0.4 is 10.6 Å². The molecule has 0 aliphatic heterocycles. The minimum absolute atomic E-state index is 0.283. The van der Waals surface area contributed by atoms with Gasteiger partial charge >= 0.3 is 0 Å². The van der Waals surface area contributed by atoms with Gasteiger partial charge in [-0.15, -0.1) is 0 Å². The Hall–Kier alpha value is -2.91. The molecule has 0 unspecified atom stereocenters. The fourth-order valence-corrected chi connectivity index (χ4v) is 1.88. The average Bonchev–Trinajstić information content (AvgIpc) is 2.56. The van der Waals surface area contributed by atoms with Gasteiger partial charge in [-0.05, 0) is 50.5 Å². The standard InChI is InChI=1S/C17H19N5O/c1-22(2)10-9-19-15-7-8-16(20-12-15)17(23)21-14-5-3-13(11-18)4-6-14/h3-8,12,19H,9-10H2,1-2H3,(H,21,23). The second-order valence-corrected chi connectivity index (χ2v) is 5.31. The van der Waals surface area contributed by atoms with E-state index in [1.807, 2.05) is 26.2 Å². The number of pyridine rings is 1. The van der Waals surface area contributed by atoms with E-state index in [9.17, 15) is 4.79 Å². The number of benzene rings is 1. The van der Waals surface area contributed by atoms with Crippen molar-refractivity contribution >= 4 is 17.3 Å². The molecule has 2 rings (SSSR count). The molecule has 2 N–H and O–H groups in total. The maximum absolute atomic E-state index is 12.1. The number of nitriles is 1. The van der Waals surface area contributed by atoms with E-state index >= 15 is 0 Å². The van der Waals surface area contributed by atoms with Gasteiger partial charge in [0.1, 0.15) is 5.69 Å². The number of anilines is 2. The average molecular weight is 309 g/mol. The molecular formula is C17H19N5O. The van der Waals surface area contributed by atoms with Crippen LogP contribution in [-0.4, -0.2) is 43.0 Å². The van der Waals surface area contributed by atoms with Crippen LogP contribution >= 0.6 is 0 Å². The Kier molecular flexibility index (Phi) is 5.67. The number of rotatable bonds is 6. The second kappa shape index (κ2) is 7.92. The number of carbonyl (C=O) groups is 1. The first-order valence-corrected chi connectivity index (χ1v) is 7.24. The highest BCUT2D eigenvalue weighted by molar-refractivity contribution is 6.02. The molecule has 0 spiro atoms. The lowest BCUT2D eigenvalue weighted by Crippen LogP contribution is -2.21. The molecular weight excluding hydrogens is 290 g/mol. The normalized spacial score (nSPS) is 10.2. The van der Waals surface area contributed by atoms with Gasteiger partial charge in [0, 0.05) is 18.8 Å². The highest BCUT2D eigenvalue weighted by Crippen LogP contribution is 2.11. The van der Waals surface area contributed by atoms with E-state index in [1.165, 1.54) is 0 Å². The lowest BCUT2D eigenvalue weighted by atomic mass is 10.2. The molecule has 0 fully saturated rings. The first kappa shape index (κ1) is 16.5. The largest absolute Gasteiger partial charge is 0.383 e. The van der Waals surface area contributed by atoms with Crippen LogP contribution in [0.4, 0.5) is 11.4 Å². The molecule has 0 aliphatic rings. The molecule has 6 nitrogen and oxygen atoms in total. The summed E-state index contributed by atoms with van der Waals surface area (Å²) in [5.74, 6) is -0.283. The summed E-state index contributed by atoms with van der Waals surface area (Å²) in [6.07, 6.45) is 1.64. The Balaban J connectivity index is 1.93. The number of likely N-dealkylation sites (N-methyl/N-ethyl adjacent to an activating group) is 1. The third-order valence-electron chi connectivity index (χ3n) is 3.16. The Labute approximate surface area is 135 Å². The summed E-state index contributed by atoms with van der Waals surface area (Å²) < 4.78 is 0. The quantitative estimate of drug-likeness (QED) is 0.855. The molecule has 0 saturated heterocycles. The van der Waals surface area contributed by atoms with E-state index in [2.05, 4.69) is 20.5 Å². The zero-order valence-corrected chi connectivity index (χ0v) is 13.2. The Morgan fingerprint density at radius 1 is 1.17 bits per heavy atom. The van der Waals surface area contributed by atoms with Crippen molar-refractivity contribution in [1.29, 1.82) is 5.26 Å². The van der Waals surface area contributed by atoms with E-state index in [-0.39, 0.29) is 5.91 Å². The number of hydrogen-bond donors (Lipinski definition) is 2. The summed E-state index contributed by atoms with van der Waals surface area (Å²) in [6.45, 7) is 1.73. The van der Waals surface area contributed by atoms with Crippen LogP contribution in [0.15, 0.2) is 42.6 Å². The summed E-state index contributed by atoms with van der Waals surface area (Å²) in [5.41, 5.74) is 2.40. The van der Waals surface area contributed by atoms with Crippen molar-refractivity contribution in [2.75, 3.05) is 37.8 Å². The highest BCUT2D eigenvalue weighted by atomic mass is 16.1. The number of aromatic nitrogens is 1.